The molecule has 0 rings (SSSR count). The summed E-state index contributed by atoms with van der Waals surface area (Å²) in [5.41, 5.74) is 0. The Bertz CT molecular complexity index is 1030. The molecule has 336 valence electrons. The molecule has 0 saturated heterocycles. The molecule has 57 heavy (non-hydrogen) atoms. The van der Waals surface area contributed by atoms with Gasteiger partial charge in [-0.15, -0.1) is 0 Å². The predicted octanol–water partition coefficient (Wildman–Crippen LogP) is 13.5. The molecular weight excluding hydrogens is 732 g/mol. The molecule has 0 aliphatic carbocycles. The quantitative estimate of drug-likeness (QED) is 0.0245. The summed E-state index contributed by atoms with van der Waals surface area (Å²) in [4.78, 5) is 23.2. The molecule has 0 saturated carbocycles. The molecule has 3 N–H and O–H groups in total. The minimum absolute atomic E-state index is 0.0620. The van der Waals surface area contributed by atoms with Crippen LogP contribution >= 0.6 is 7.82 Å². The van der Waals surface area contributed by atoms with E-state index in [0.717, 1.165) is 51.4 Å². The SMILES string of the molecule is CC/C=C\C/C=C\CCCCCCCCCCCCCCCCC(=O)NC(COP(=O)(O)OCC[N+](C)(C)C)C(O)/C=C/CCCCCCCCCCCCCC. The zero-order valence-electron chi connectivity index (χ0n) is 38.1. The van der Waals surface area contributed by atoms with Gasteiger partial charge in [0.1, 0.15) is 13.2 Å². The second-order valence-electron chi connectivity index (χ2n) is 17.5. The average Bonchev–Trinajstić information content (AvgIpc) is 3.16. The molecule has 0 aromatic rings. The number of hydrogen-bond donors (Lipinski definition) is 3. The minimum Gasteiger partial charge on any atom is -0.387 e. The molecule has 0 aromatic heterocycles. The molecule has 8 nitrogen and oxygen atoms in total. The number of nitrogens with one attached hydrogen (secondary N) is 1. The highest BCUT2D eigenvalue weighted by atomic mass is 31.2. The lowest BCUT2D eigenvalue weighted by Gasteiger charge is -2.25. The van der Waals surface area contributed by atoms with Gasteiger partial charge in [-0.2, -0.15) is 0 Å². The van der Waals surface area contributed by atoms with E-state index in [2.05, 4.69) is 43.5 Å². The molecule has 0 bridgehead atoms. The van der Waals surface area contributed by atoms with Crippen molar-refractivity contribution in [3.8, 4) is 0 Å². The van der Waals surface area contributed by atoms with Crippen molar-refractivity contribution in [2.24, 2.45) is 0 Å². The van der Waals surface area contributed by atoms with E-state index < -0.39 is 20.0 Å². The molecule has 9 heteroatoms. The molecule has 0 aliphatic rings. The highest BCUT2D eigenvalue weighted by Gasteiger charge is 2.27. The van der Waals surface area contributed by atoms with Crippen molar-refractivity contribution in [3.05, 3.63) is 36.5 Å². The Labute approximate surface area is 353 Å². The van der Waals surface area contributed by atoms with Crippen molar-refractivity contribution < 1.29 is 32.9 Å². The van der Waals surface area contributed by atoms with Gasteiger partial charge in [0, 0.05) is 6.42 Å². The van der Waals surface area contributed by atoms with Crippen LogP contribution in [0.4, 0.5) is 0 Å². The summed E-state index contributed by atoms with van der Waals surface area (Å²) in [5, 5.41) is 13.8. The lowest BCUT2D eigenvalue weighted by atomic mass is 10.0. The van der Waals surface area contributed by atoms with Crippen LogP contribution in [0.3, 0.4) is 0 Å². The fraction of sp³-hybridized carbons (Fsp3) is 0.854. The number of phosphoric ester groups is 1. The van der Waals surface area contributed by atoms with E-state index in [9.17, 15) is 19.4 Å². The van der Waals surface area contributed by atoms with Crippen LogP contribution in [-0.4, -0.2) is 73.4 Å². The van der Waals surface area contributed by atoms with Crippen molar-refractivity contribution in [3.63, 3.8) is 0 Å². The van der Waals surface area contributed by atoms with Gasteiger partial charge < -0.3 is 19.8 Å². The van der Waals surface area contributed by atoms with Crippen LogP contribution in [0.5, 0.6) is 0 Å². The molecule has 1 amide bonds. The maximum Gasteiger partial charge on any atom is 0.472 e. The van der Waals surface area contributed by atoms with E-state index in [1.54, 1.807) is 6.08 Å². The highest BCUT2D eigenvalue weighted by molar-refractivity contribution is 7.47. The van der Waals surface area contributed by atoms with Gasteiger partial charge in [-0.1, -0.05) is 198 Å². The number of aliphatic hydroxyl groups excluding tert-OH is 1. The van der Waals surface area contributed by atoms with Crippen molar-refractivity contribution in [1.29, 1.82) is 0 Å². The van der Waals surface area contributed by atoms with Crippen LogP contribution in [0.15, 0.2) is 36.5 Å². The first kappa shape index (κ1) is 55.7. The summed E-state index contributed by atoms with van der Waals surface area (Å²) in [6.07, 6.45) is 49.3. The predicted molar refractivity (Wildman–Crippen MR) is 244 cm³/mol. The van der Waals surface area contributed by atoms with Gasteiger partial charge >= 0.3 is 7.82 Å². The standard InChI is InChI=1S/C48H93N2O6P/c1-6-8-10-12-14-16-18-20-22-23-24-25-26-27-28-30-32-34-36-38-40-42-48(52)49-46(45-56-57(53,54)55-44-43-50(3,4)5)47(51)41-39-37-35-33-31-29-21-19-17-15-13-11-9-7-2/h8,10,14,16,39,41,46-47,51H,6-7,9,11-13,15,17-38,40,42-45H2,1-5H3,(H-,49,52,53,54)/p+1/b10-8-,16-14-,41-39+. The summed E-state index contributed by atoms with van der Waals surface area (Å²) in [5.74, 6) is -0.178. The van der Waals surface area contributed by atoms with E-state index in [0.29, 0.717) is 17.4 Å². The van der Waals surface area contributed by atoms with Crippen LogP contribution < -0.4 is 5.32 Å². The van der Waals surface area contributed by atoms with Crippen LogP contribution in [0.25, 0.3) is 0 Å². The fourth-order valence-electron chi connectivity index (χ4n) is 6.84. The molecule has 3 atom stereocenters. The maximum atomic E-state index is 12.9. The number of nitrogens with zero attached hydrogens (tertiary/aromatic N) is 1. The third-order valence-electron chi connectivity index (χ3n) is 10.6. The van der Waals surface area contributed by atoms with Gasteiger partial charge in [0.25, 0.3) is 0 Å². The molecule has 0 radical (unpaired) electrons. The molecule has 0 aromatic carbocycles. The second-order valence-corrected chi connectivity index (χ2v) is 18.9. The average molecular weight is 826 g/mol. The molecule has 3 unspecified atom stereocenters. The smallest absolute Gasteiger partial charge is 0.387 e. The van der Waals surface area contributed by atoms with Crippen molar-refractivity contribution >= 4 is 13.7 Å². The number of amides is 1. The summed E-state index contributed by atoms with van der Waals surface area (Å²) < 4.78 is 23.6. The number of quaternary nitrogens is 1. The first-order valence-electron chi connectivity index (χ1n) is 23.9. The molecular formula is C48H94N2O6P+. The number of allylic oxidation sites excluding steroid dienone is 5. The molecule has 0 fully saturated rings. The maximum absolute atomic E-state index is 12.9. The third-order valence-corrected chi connectivity index (χ3v) is 11.6. The van der Waals surface area contributed by atoms with Crippen LogP contribution in [-0.2, 0) is 18.4 Å². The van der Waals surface area contributed by atoms with Gasteiger partial charge in [-0.25, -0.2) is 4.57 Å². The monoisotopic (exact) mass is 826 g/mol. The number of carbonyl (C=O) groups excluding carboxylic acids is 1. The first-order valence-corrected chi connectivity index (χ1v) is 25.4. The van der Waals surface area contributed by atoms with Crippen molar-refractivity contribution in [2.75, 3.05) is 40.9 Å². The van der Waals surface area contributed by atoms with Gasteiger partial charge in [0.15, 0.2) is 0 Å². The zero-order valence-corrected chi connectivity index (χ0v) is 39.0. The largest absolute Gasteiger partial charge is 0.472 e. The Kier molecular flexibility index (Phi) is 39.2. The van der Waals surface area contributed by atoms with E-state index in [-0.39, 0.29) is 19.1 Å². The number of phosphoric acid groups is 1. The Morgan fingerprint density at radius 1 is 0.614 bits per heavy atom. The molecule has 0 aliphatic heterocycles. The van der Waals surface area contributed by atoms with E-state index in [1.807, 2.05) is 27.2 Å². The summed E-state index contributed by atoms with van der Waals surface area (Å²) in [6, 6.07) is -0.844. The summed E-state index contributed by atoms with van der Waals surface area (Å²) >= 11 is 0. The number of unbranched alkanes of at least 4 members (excludes halogenated alkanes) is 26. The molecule has 0 spiro atoms. The van der Waals surface area contributed by atoms with E-state index >= 15 is 0 Å². The van der Waals surface area contributed by atoms with Gasteiger partial charge in [0.05, 0.1) is 39.9 Å². The number of likely N-dealkylation sites (N-methyl/N-ethyl adjacent to an activating group) is 1. The fourth-order valence-corrected chi connectivity index (χ4v) is 7.58. The summed E-state index contributed by atoms with van der Waals surface area (Å²) in [7, 11) is 1.57. The Hall–Kier alpha value is -1.28. The van der Waals surface area contributed by atoms with Crippen molar-refractivity contribution in [1.82, 2.24) is 5.32 Å². The van der Waals surface area contributed by atoms with E-state index in [1.165, 1.54) is 141 Å². The number of rotatable bonds is 43. The van der Waals surface area contributed by atoms with Gasteiger partial charge in [-0.3, -0.25) is 13.8 Å². The number of carbonyl (C=O) groups is 1. The van der Waals surface area contributed by atoms with Gasteiger partial charge in [-0.05, 0) is 44.9 Å². The highest BCUT2D eigenvalue weighted by Crippen LogP contribution is 2.43. The van der Waals surface area contributed by atoms with Crippen LogP contribution in [0.2, 0.25) is 0 Å². The normalized spacial score (nSPS) is 14.6. The summed E-state index contributed by atoms with van der Waals surface area (Å²) in [6.45, 7) is 4.72. The first-order chi connectivity index (χ1) is 27.5. The zero-order chi connectivity index (χ0) is 42.1. The lowest BCUT2D eigenvalue weighted by molar-refractivity contribution is -0.870. The van der Waals surface area contributed by atoms with Crippen molar-refractivity contribution in [2.45, 2.75) is 225 Å². The Morgan fingerprint density at radius 2 is 1.05 bits per heavy atom. The Balaban J connectivity index is 4.30. The molecule has 0 heterocycles. The number of hydrogen-bond acceptors (Lipinski definition) is 5. The second kappa shape index (κ2) is 40.1. The van der Waals surface area contributed by atoms with E-state index in [4.69, 9.17) is 9.05 Å². The van der Waals surface area contributed by atoms with Crippen LogP contribution in [0, 0.1) is 0 Å². The van der Waals surface area contributed by atoms with Gasteiger partial charge in [0.2, 0.25) is 5.91 Å². The Morgan fingerprint density at radius 3 is 1.53 bits per heavy atom. The third kappa shape index (κ3) is 42.6. The minimum atomic E-state index is -4.34. The van der Waals surface area contributed by atoms with Crippen LogP contribution in [0.1, 0.15) is 213 Å². The lowest BCUT2D eigenvalue weighted by Crippen LogP contribution is -2.45. The topological polar surface area (TPSA) is 105 Å². The number of aliphatic hydroxyl groups is 1.